The van der Waals surface area contributed by atoms with Crippen molar-refractivity contribution in [1.29, 1.82) is 0 Å². The van der Waals surface area contributed by atoms with Gasteiger partial charge in [0.25, 0.3) is 5.56 Å². The monoisotopic (exact) mass is 244 g/mol. The standard InChI is InChI=1S/C12H12N4O2/c1-2-3-6-16-12(18)15-8-7-14(9-4-5-9)11(17)10(15)13-16/h7-9H,4-6H2,1H3. The lowest BCUT2D eigenvalue weighted by molar-refractivity contribution is 0.684. The van der Waals surface area contributed by atoms with E-state index in [1.165, 1.54) is 9.08 Å². The number of aromatic nitrogens is 4. The molecule has 92 valence electrons. The molecule has 1 aliphatic carbocycles. The molecule has 0 N–H and O–H groups in total. The van der Waals surface area contributed by atoms with Crippen LogP contribution in [0.3, 0.4) is 0 Å². The van der Waals surface area contributed by atoms with Crippen LogP contribution in [0.4, 0.5) is 0 Å². The van der Waals surface area contributed by atoms with Crippen molar-refractivity contribution in [3.8, 4) is 11.8 Å². The summed E-state index contributed by atoms with van der Waals surface area (Å²) in [4.78, 5) is 24.1. The molecule has 2 aromatic heterocycles. The van der Waals surface area contributed by atoms with Crippen molar-refractivity contribution in [2.24, 2.45) is 0 Å². The van der Waals surface area contributed by atoms with Gasteiger partial charge in [-0.25, -0.2) is 13.9 Å². The first-order chi connectivity index (χ1) is 8.72. The van der Waals surface area contributed by atoms with Gasteiger partial charge in [0.1, 0.15) is 6.54 Å². The van der Waals surface area contributed by atoms with Crippen molar-refractivity contribution in [2.75, 3.05) is 0 Å². The van der Waals surface area contributed by atoms with Crippen molar-refractivity contribution < 1.29 is 0 Å². The zero-order valence-corrected chi connectivity index (χ0v) is 9.96. The fourth-order valence-corrected chi connectivity index (χ4v) is 1.92. The van der Waals surface area contributed by atoms with E-state index in [1.54, 1.807) is 23.9 Å². The maximum Gasteiger partial charge on any atom is 0.351 e. The summed E-state index contributed by atoms with van der Waals surface area (Å²) in [5.74, 6) is 5.46. The second-order valence-corrected chi connectivity index (χ2v) is 4.30. The van der Waals surface area contributed by atoms with E-state index in [2.05, 4.69) is 16.9 Å². The van der Waals surface area contributed by atoms with Crippen molar-refractivity contribution in [1.82, 2.24) is 18.7 Å². The van der Waals surface area contributed by atoms with Gasteiger partial charge in [0.2, 0.25) is 5.65 Å². The van der Waals surface area contributed by atoms with Crippen LogP contribution in [0.15, 0.2) is 22.0 Å². The van der Waals surface area contributed by atoms with E-state index in [-0.39, 0.29) is 29.5 Å². The number of nitrogens with zero attached hydrogens (tertiary/aromatic N) is 4. The molecule has 1 aliphatic rings. The summed E-state index contributed by atoms with van der Waals surface area (Å²) in [5.41, 5.74) is -0.361. The molecule has 6 heteroatoms. The van der Waals surface area contributed by atoms with E-state index in [0.29, 0.717) is 0 Å². The minimum absolute atomic E-state index is 0.173. The Bertz CT molecular complexity index is 780. The van der Waals surface area contributed by atoms with Crippen LogP contribution in [0.25, 0.3) is 5.65 Å². The van der Waals surface area contributed by atoms with Crippen LogP contribution in [0, 0.1) is 11.8 Å². The van der Waals surface area contributed by atoms with Gasteiger partial charge in [0, 0.05) is 18.4 Å². The Morgan fingerprint density at radius 3 is 2.83 bits per heavy atom. The van der Waals surface area contributed by atoms with E-state index >= 15 is 0 Å². The van der Waals surface area contributed by atoms with E-state index in [9.17, 15) is 9.59 Å². The predicted octanol–water partition coefficient (Wildman–Crippen LogP) is 0.0159. The Labute approximate surface area is 102 Å². The lowest BCUT2D eigenvalue weighted by Gasteiger charge is -2.01. The van der Waals surface area contributed by atoms with Crippen LogP contribution in [0.1, 0.15) is 25.8 Å². The lowest BCUT2D eigenvalue weighted by atomic mass is 10.5. The van der Waals surface area contributed by atoms with Gasteiger partial charge in [-0.1, -0.05) is 5.92 Å². The average molecular weight is 244 g/mol. The van der Waals surface area contributed by atoms with Crippen LogP contribution >= 0.6 is 0 Å². The maximum absolute atomic E-state index is 12.1. The molecular weight excluding hydrogens is 232 g/mol. The van der Waals surface area contributed by atoms with Gasteiger partial charge >= 0.3 is 5.69 Å². The summed E-state index contributed by atoms with van der Waals surface area (Å²) in [7, 11) is 0. The van der Waals surface area contributed by atoms with E-state index in [4.69, 9.17) is 0 Å². The fourth-order valence-electron chi connectivity index (χ4n) is 1.92. The molecule has 0 spiro atoms. The summed E-state index contributed by atoms with van der Waals surface area (Å²) < 4.78 is 4.14. The highest BCUT2D eigenvalue weighted by Crippen LogP contribution is 2.33. The van der Waals surface area contributed by atoms with Gasteiger partial charge in [-0.05, 0) is 19.8 Å². The largest absolute Gasteiger partial charge is 0.351 e. The van der Waals surface area contributed by atoms with Gasteiger partial charge in [-0.2, -0.15) is 0 Å². The molecule has 0 aliphatic heterocycles. The molecule has 0 bridgehead atoms. The zero-order chi connectivity index (χ0) is 12.7. The first kappa shape index (κ1) is 10.8. The first-order valence-electron chi connectivity index (χ1n) is 5.82. The summed E-state index contributed by atoms with van der Waals surface area (Å²) in [6.45, 7) is 1.90. The predicted molar refractivity (Wildman–Crippen MR) is 65.4 cm³/mol. The minimum Gasteiger partial charge on any atom is -0.308 e. The molecule has 3 rings (SSSR count). The summed E-state index contributed by atoms with van der Waals surface area (Å²) in [6, 6.07) is 0.276. The first-order valence-corrected chi connectivity index (χ1v) is 5.82. The number of fused-ring (bicyclic) bond motifs is 1. The third-order valence-electron chi connectivity index (χ3n) is 3.02. The molecule has 0 amide bonds. The highest BCUT2D eigenvalue weighted by Gasteiger charge is 2.25. The third-order valence-corrected chi connectivity index (χ3v) is 3.02. The minimum atomic E-state index is -0.326. The van der Waals surface area contributed by atoms with Gasteiger partial charge in [-0.3, -0.25) is 4.79 Å². The second kappa shape index (κ2) is 3.88. The maximum atomic E-state index is 12.1. The van der Waals surface area contributed by atoms with E-state index in [1.807, 2.05) is 0 Å². The Hall–Kier alpha value is -2.29. The van der Waals surface area contributed by atoms with Crippen LogP contribution in [-0.2, 0) is 6.54 Å². The topological polar surface area (TPSA) is 61.3 Å². The molecule has 6 nitrogen and oxygen atoms in total. The van der Waals surface area contributed by atoms with Crippen molar-refractivity contribution in [2.45, 2.75) is 32.4 Å². The fraction of sp³-hybridized carbons (Fsp3) is 0.417. The van der Waals surface area contributed by atoms with Gasteiger partial charge in [0.05, 0.1) is 0 Å². The molecule has 0 aromatic carbocycles. The third kappa shape index (κ3) is 1.56. The summed E-state index contributed by atoms with van der Waals surface area (Å²) in [5, 5.41) is 4.05. The summed E-state index contributed by atoms with van der Waals surface area (Å²) >= 11 is 0. The molecule has 1 saturated carbocycles. The number of hydrogen-bond donors (Lipinski definition) is 0. The van der Waals surface area contributed by atoms with E-state index < -0.39 is 0 Å². The van der Waals surface area contributed by atoms with Gasteiger partial charge in [-0.15, -0.1) is 11.0 Å². The van der Waals surface area contributed by atoms with E-state index in [0.717, 1.165) is 12.8 Å². The Balaban J connectivity index is 2.22. The van der Waals surface area contributed by atoms with Crippen LogP contribution in [-0.4, -0.2) is 18.7 Å². The van der Waals surface area contributed by atoms with Crippen molar-refractivity contribution >= 4 is 5.65 Å². The Kier molecular flexibility index (Phi) is 2.33. The van der Waals surface area contributed by atoms with Crippen molar-refractivity contribution in [3.05, 3.63) is 33.2 Å². The van der Waals surface area contributed by atoms with Crippen LogP contribution < -0.4 is 11.2 Å². The molecule has 2 heterocycles. The van der Waals surface area contributed by atoms with Gasteiger partial charge in [0.15, 0.2) is 0 Å². The molecule has 0 atom stereocenters. The normalized spacial score (nSPS) is 14.5. The quantitative estimate of drug-likeness (QED) is 0.699. The SMILES string of the molecule is CC#CCn1nc2c(=O)n(C3CC3)ccn2c1=O. The lowest BCUT2D eigenvalue weighted by Crippen LogP contribution is -2.24. The molecular formula is C12H12N4O2. The Morgan fingerprint density at radius 2 is 2.17 bits per heavy atom. The van der Waals surface area contributed by atoms with Crippen LogP contribution in [0.5, 0.6) is 0 Å². The Morgan fingerprint density at radius 1 is 1.39 bits per heavy atom. The molecule has 1 fully saturated rings. The highest BCUT2D eigenvalue weighted by molar-refractivity contribution is 5.33. The second-order valence-electron chi connectivity index (χ2n) is 4.30. The number of hydrogen-bond acceptors (Lipinski definition) is 3. The van der Waals surface area contributed by atoms with Gasteiger partial charge < -0.3 is 4.57 Å². The molecule has 0 radical (unpaired) electrons. The van der Waals surface area contributed by atoms with Crippen LogP contribution in [0.2, 0.25) is 0 Å². The molecule has 0 unspecified atom stereocenters. The van der Waals surface area contributed by atoms with Crippen molar-refractivity contribution in [3.63, 3.8) is 0 Å². The molecule has 18 heavy (non-hydrogen) atoms. The smallest absolute Gasteiger partial charge is 0.308 e. The molecule has 2 aromatic rings. The number of rotatable bonds is 2. The summed E-state index contributed by atoms with van der Waals surface area (Å²) in [6.07, 6.45) is 5.29. The average Bonchev–Trinajstić information content (AvgIpc) is 3.14. The highest BCUT2D eigenvalue weighted by atomic mass is 16.2. The zero-order valence-electron chi connectivity index (χ0n) is 9.96. The molecule has 0 saturated heterocycles.